The number of hydrogen-bond donors (Lipinski definition) is 1. The summed E-state index contributed by atoms with van der Waals surface area (Å²) in [6, 6.07) is 13.9. The third-order valence-corrected chi connectivity index (χ3v) is 5.04. The lowest BCUT2D eigenvalue weighted by atomic mass is 10.0. The first-order valence-corrected chi connectivity index (χ1v) is 9.27. The molecule has 6 heteroatoms. The molecule has 27 heavy (non-hydrogen) atoms. The summed E-state index contributed by atoms with van der Waals surface area (Å²) in [5, 5.41) is 2.97. The second-order valence-electron chi connectivity index (χ2n) is 6.85. The molecular formula is C21H23N5O. The predicted octanol–water partition coefficient (Wildman–Crippen LogP) is 4.12. The Morgan fingerprint density at radius 1 is 1.07 bits per heavy atom. The Bertz CT molecular complexity index is 899. The van der Waals surface area contributed by atoms with Gasteiger partial charge in [0.05, 0.1) is 0 Å². The van der Waals surface area contributed by atoms with E-state index in [-0.39, 0.29) is 6.03 Å². The second kappa shape index (κ2) is 7.61. The van der Waals surface area contributed by atoms with Crippen LogP contribution in [0.2, 0.25) is 0 Å². The Balaban J connectivity index is 1.44. The summed E-state index contributed by atoms with van der Waals surface area (Å²) in [6.07, 6.45) is 7.35. The van der Waals surface area contributed by atoms with Crippen molar-refractivity contribution in [3.05, 3.63) is 66.7 Å². The van der Waals surface area contributed by atoms with Crippen LogP contribution < -0.4 is 5.32 Å². The summed E-state index contributed by atoms with van der Waals surface area (Å²) in [7, 11) is 0. The molecule has 1 aliphatic rings. The number of anilines is 1. The van der Waals surface area contributed by atoms with E-state index in [0.29, 0.717) is 6.04 Å². The van der Waals surface area contributed by atoms with Gasteiger partial charge in [0.2, 0.25) is 0 Å². The molecule has 1 N–H and O–H groups in total. The summed E-state index contributed by atoms with van der Waals surface area (Å²) < 4.78 is 2.30. The molecule has 4 rings (SSSR count). The van der Waals surface area contributed by atoms with Crippen LogP contribution in [0.15, 0.2) is 61.1 Å². The molecule has 6 nitrogen and oxygen atoms in total. The van der Waals surface area contributed by atoms with Gasteiger partial charge < -0.3 is 14.8 Å². The number of carbonyl (C=O) groups is 1. The third kappa shape index (κ3) is 3.69. The van der Waals surface area contributed by atoms with E-state index >= 15 is 0 Å². The van der Waals surface area contributed by atoms with Crippen molar-refractivity contribution in [2.45, 2.75) is 25.8 Å². The number of benzene rings is 1. The lowest BCUT2D eigenvalue weighted by Gasteiger charge is -2.34. The number of pyridine rings is 1. The van der Waals surface area contributed by atoms with Crippen molar-refractivity contribution in [1.82, 2.24) is 19.4 Å². The molecule has 1 saturated heterocycles. The molecule has 0 spiro atoms. The Morgan fingerprint density at radius 3 is 2.56 bits per heavy atom. The number of carbonyl (C=O) groups excluding carboxylic acids is 1. The zero-order valence-corrected chi connectivity index (χ0v) is 15.4. The van der Waals surface area contributed by atoms with Crippen LogP contribution in [0.3, 0.4) is 0 Å². The maximum absolute atomic E-state index is 12.5. The number of hydrogen-bond acceptors (Lipinski definition) is 3. The SMILES string of the molecule is Cc1cnc(-c2cccnc2)n1C1CCN(C(=O)Nc2ccccc2)CC1. The van der Waals surface area contributed by atoms with Crippen LogP contribution in [0.5, 0.6) is 0 Å². The van der Waals surface area contributed by atoms with Crippen molar-refractivity contribution in [1.29, 1.82) is 0 Å². The lowest BCUT2D eigenvalue weighted by Crippen LogP contribution is -2.41. The second-order valence-corrected chi connectivity index (χ2v) is 6.85. The summed E-state index contributed by atoms with van der Waals surface area (Å²) in [5.41, 5.74) is 2.99. The molecule has 2 amide bonds. The van der Waals surface area contributed by atoms with Crippen LogP contribution in [0, 0.1) is 6.92 Å². The maximum Gasteiger partial charge on any atom is 0.321 e. The molecule has 0 saturated carbocycles. The Labute approximate surface area is 158 Å². The Hall–Kier alpha value is -3.15. The predicted molar refractivity (Wildman–Crippen MR) is 105 cm³/mol. The first-order valence-electron chi connectivity index (χ1n) is 9.27. The molecule has 1 fully saturated rings. The zero-order chi connectivity index (χ0) is 18.6. The molecule has 3 aromatic rings. The topological polar surface area (TPSA) is 63.1 Å². The molecule has 0 unspecified atom stereocenters. The van der Waals surface area contributed by atoms with Crippen LogP contribution in [0.25, 0.3) is 11.4 Å². The molecule has 0 radical (unpaired) electrons. The van der Waals surface area contributed by atoms with E-state index < -0.39 is 0 Å². The van der Waals surface area contributed by atoms with Crippen LogP contribution in [0.4, 0.5) is 10.5 Å². The fourth-order valence-electron chi connectivity index (χ4n) is 3.67. The van der Waals surface area contributed by atoms with Crippen LogP contribution in [-0.4, -0.2) is 38.6 Å². The molecule has 0 aliphatic carbocycles. The van der Waals surface area contributed by atoms with Gasteiger partial charge in [-0.3, -0.25) is 4.98 Å². The number of urea groups is 1. The van der Waals surface area contributed by atoms with Crippen LogP contribution in [0.1, 0.15) is 24.6 Å². The number of imidazole rings is 1. The van der Waals surface area contributed by atoms with Crippen molar-refractivity contribution in [3.8, 4) is 11.4 Å². The van der Waals surface area contributed by atoms with E-state index in [1.165, 1.54) is 0 Å². The smallest absolute Gasteiger partial charge is 0.321 e. The third-order valence-electron chi connectivity index (χ3n) is 5.04. The zero-order valence-electron chi connectivity index (χ0n) is 15.4. The number of para-hydroxylation sites is 1. The first-order chi connectivity index (χ1) is 13.2. The van der Waals surface area contributed by atoms with E-state index in [1.807, 2.05) is 59.8 Å². The summed E-state index contributed by atoms with van der Waals surface area (Å²) >= 11 is 0. The standard InChI is InChI=1S/C21H23N5O/c1-16-14-23-20(17-6-5-11-22-15-17)26(16)19-9-12-25(13-10-19)21(27)24-18-7-3-2-4-8-18/h2-8,11,14-15,19H,9-10,12-13H2,1H3,(H,24,27). The molecule has 1 aliphatic heterocycles. The number of rotatable bonds is 3. The van der Waals surface area contributed by atoms with E-state index in [1.54, 1.807) is 6.20 Å². The van der Waals surface area contributed by atoms with Gasteiger partial charge >= 0.3 is 6.03 Å². The van der Waals surface area contributed by atoms with E-state index in [9.17, 15) is 4.79 Å². The van der Waals surface area contributed by atoms with E-state index in [4.69, 9.17) is 0 Å². The van der Waals surface area contributed by atoms with Crippen LogP contribution >= 0.6 is 0 Å². The minimum absolute atomic E-state index is 0.0329. The van der Waals surface area contributed by atoms with Gasteiger partial charge in [-0.05, 0) is 44.0 Å². The largest absolute Gasteiger partial charge is 0.325 e. The van der Waals surface area contributed by atoms with Gasteiger partial charge in [0.1, 0.15) is 5.82 Å². The number of nitrogens with one attached hydrogen (secondary N) is 1. The highest BCUT2D eigenvalue weighted by Crippen LogP contribution is 2.30. The summed E-state index contributed by atoms with van der Waals surface area (Å²) in [6.45, 7) is 3.54. The van der Waals surface area contributed by atoms with Crippen molar-refractivity contribution < 1.29 is 4.79 Å². The van der Waals surface area contributed by atoms with Crippen molar-refractivity contribution in [3.63, 3.8) is 0 Å². The number of likely N-dealkylation sites (tertiary alicyclic amines) is 1. The number of amides is 2. The minimum Gasteiger partial charge on any atom is -0.325 e. The van der Waals surface area contributed by atoms with Gasteiger partial charge in [-0.15, -0.1) is 0 Å². The van der Waals surface area contributed by atoms with Gasteiger partial charge in [-0.2, -0.15) is 0 Å². The average Bonchev–Trinajstić information content (AvgIpc) is 3.11. The molecule has 0 bridgehead atoms. The van der Waals surface area contributed by atoms with E-state index in [2.05, 4.69) is 26.8 Å². The van der Waals surface area contributed by atoms with E-state index in [0.717, 1.165) is 48.7 Å². The molecule has 1 aromatic carbocycles. The van der Waals surface area contributed by atoms with Gasteiger partial charge in [0, 0.05) is 54.7 Å². The van der Waals surface area contributed by atoms with Crippen molar-refractivity contribution in [2.75, 3.05) is 18.4 Å². The minimum atomic E-state index is -0.0329. The molecule has 138 valence electrons. The van der Waals surface area contributed by atoms with Crippen molar-refractivity contribution in [2.24, 2.45) is 0 Å². The quantitative estimate of drug-likeness (QED) is 0.763. The highest BCUT2D eigenvalue weighted by molar-refractivity contribution is 5.89. The normalized spacial score (nSPS) is 14.9. The summed E-state index contributed by atoms with van der Waals surface area (Å²) in [5.74, 6) is 0.952. The maximum atomic E-state index is 12.5. The van der Waals surface area contributed by atoms with Gasteiger partial charge in [-0.25, -0.2) is 9.78 Å². The van der Waals surface area contributed by atoms with Gasteiger partial charge in [0.15, 0.2) is 0 Å². The summed E-state index contributed by atoms with van der Waals surface area (Å²) in [4.78, 5) is 23.2. The average molecular weight is 361 g/mol. The highest BCUT2D eigenvalue weighted by Gasteiger charge is 2.26. The molecule has 2 aromatic heterocycles. The number of nitrogens with zero attached hydrogens (tertiary/aromatic N) is 4. The highest BCUT2D eigenvalue weighted by atomic mass is 16.2. The molecular weight excluding hydrogens is 338 g/mol. The Morgan fingerprint density at radius 2 is 1.85 bits per heavy atom. The first kappa shape index (κ1) is 17.3. The van der Waals surface area contributed by atoms with Gasteiger partial charge in [-0.1, -0.05) is 18.2 Å². The fraction of sp³-hybridized carbons (Fsp3) is 0.286. The number of piperidine rings is 1. The van der Waals surface area contributed by atoms with Crippen LogP contribution in [-0.2, 0) is 0 Å². The molecule has 3 heterocycles. The molecule has 0 atom stereocenters. The van der Waals surface area contributed by atoms with Crippen molar-refractivity contribution >= 4 is 11.7 Å². The number of aryl methyl sites for hydroxylation is 1. The lowest BCUT2D eigenvalue weighted by molar-refractivity contribution is 0.183. The van der Waals surface area contributed by atoms with Gasteiger partial charge in [0.25, 0.3) is 0 Å². The Kier molecular flexibility index (Phi) is 4.87. The fourth-order valence-corrected chi connectivity index (χ4v) is 3.67. The monoisotopic (exact) mass is 361 g/mol. The number of aromatic nitrogens is 3.